The number of carbonyl (C=O) groups is 1. The molecule has 1 aliphatic rings. The molecule has 1 heterocycles. The summed E-state index contributed by atoms with van der Waals surface area (Å²) in [5.41, 5.74) is 2.08. The molecule has 0 saturated heterocycles. The summed E-state index contributed by atoms with van der Waals surface area (Å²) in [6.07, 6.45) is 0. The maximum Gasteiger partial charge on any atom is 0.250 e. The molecule has 0 aromatic heterocycles. The van der Waals surface area contributed by atoms with E-state index in [9.17, 15) is 13.6 Å². The lowest BCUT2D eigenvalue weighted by Gasteiger charge is -2.25. The maximum atomic E-state index is 13.4. The molecular formula is C17H15F2NO2. The standard InChI is InChI=1S/C17H15F2NO2/c1-17(2)12-7-10(11-3-5-13(18)14(19)8-11)4-6-15(12)20-16(21)9-22-17/h3-8H,9H2,1-2H3,(H,20,21). The van der Waals surface area contributed by atoms with Crippen LogP contribution in [0.25, 0.3) is 11.1 Å². The molecule has 0 spiro atoms. The van der Waals surface area contributed by atoms with Gasteiger partial charge in [0.05, 0.1) is 5.60 Å². The fourth-order valence-corrected chi connectivity index (χ4v) is 2.52. The van der Waals surface area contributed by atoms with Crippen molar-refractivity contribution in [2.45, 2.75) is 19.4 Å². The van der Waals surface area contributed by atoms with E-state index in [2.05, 4.69) is 5.32 Å². The van der Waals surface area contributed by atoms with Gasteiger partial charge < -0.3 is 10.1 Å². The van der Waals surface area contributed by atoms with E-state index in [0.29, 0.717) is 11.3 Å². The van der Waals surface area contributed by atoms with E-state index in [1.54, 1.807) is 12.1 Å². The van der Waals surface area contributed by atoms with Crippen LogP contribution in [0.5, 0.6) is 0 Å². The summed E-state index contributed by atoms with van der Waals surface area (Å²) in [6.45, 7) is 3.70. The van der Waals surface area contributed by atoms with Crippen LogP contribution in [0.15, 0.2) is 36.4 Å². The molecular weight excluding hydrogens is 288 g/mol. The molecule has 1 N–H and O–H groups in total. The Morgan fingerprint density at radius 2 is 1.73 bits per heavy atom. The molecule has 3 nitrogen and oxygen atoms in total. The Labute approximate surface area is 126 Å². The first-order valence-electron chi connectivity index (χ1n) is 6.90. The highest BCUT2D eigenvalue weighted by molar-refractivity contribution is 5.93. The number of benzene rings is 2. The minimum Gasteiger partial charge on any atom is -0.361 e. The number of anilines is 1. The summed E-state index contributed by atoms with van der Waals surface area (Å²) in [6, 6.07) is 9.10. The molecule has 0 saturated carbocycles. The lowest BCUT2D eigenvalue weighted by molar-refractivity contribution is -0.125. The number of rotatable bonds is 1. The molecule has 114 valence electrons. The monoisotopic (exact) mass is 303 g/mol. The topological polar surface area (TPSA) is 38.3 Å². The van der Waals surface area contributed by atoms with Crippen LogP contribution in [-0.4, -0.2) is 12.5 Å². The third-order valence-corrected chi connectivity index (χ3v) is 3.76. The van der Waals surface area contributed by atoms with Gasteiger partial charge in [0.25, 0.3) is 0 Å². The zero-order valence-corrected chi connectivity index (χ0v) is 12.2. The van der Waals surface area contributed by atoms with E-state index in [-0.39, 0.29) is 12.5 Å². The summed E-state index contributed by atoms with van der Waals surface area (Å²) in [5, 5.41) is 2.78. The number of ether oxygens (including phenoxy) is 1. The van der Waals surface area contributed by atoms with Crippen LogP contribution >= 0.6 is 0 Å². The Balaban J connectivity index is 2.11. The van der Waals surface area contributed by atoms with Gasteiger partial charge in [0.2, 0.25) is 5.91 Å². The second-order valence-corrected chi connectivity index (χ2v) is 5.74. The molecule has 0 bridgehead atoms. The van der Waals surface area contributed by atoms with Crippen LogP contribution in [-0.2, 0) is 15.1 Å². The number of hydrogen-bond acceptors (Lipinski definition) is 2. The Bertz CT molecular complexity index is 756. The summed E-state index contributed by atoms with van der Waals surface area (Å²) >= 11 is 0. The smallest absolute Gasteiger partial charge is 0.250 e. The van der Waals surface area contributed by atoms with Crippen molar-refractivity contribution >= 4 is 11.6 Å². The number of fused-ring (bicyclic) bond motifs is 1. The van der Waals surface area contributed by atoms with Gasteiger partial charge in [-0.25, -0.2) is 8.78 Å². The van der Waals surface area contributed by atoms with E-state index >= 15 is 0 Å². The van der Waals surface area contributed by atoms with E-state index < -0.39 is 17.2 Å². The highest BCUT2D eigenvalue weighted by Crippen LogP contribution is 2.36. The third kappa shape index (κ3) is 2.60. The molecule has 0 unspecified atom stereocenters. The van der Waals surface area contributed by atoms with Crippen molar-refractivity contribution in [3.05, 3.63) is 53.6 Å². The number of nitrogens with one attached hydrogen (secondary N) is 1. The zero-order valence-electron chi connectivity index (χ0n) is 12.2. The van der Waals surface area contributed by atoms with Crippen LogP contribution in [0.2, 0.25) is 0 Å². The van der Waals surface area contributed by atoms with Crippen LogP contribution in [0, 0.1) is 11.6 Å². The predicted octanol–water partition coefficient (Wildman–Crippen LogP) is 3.84. The van der Waals surface area contributed by atoms with Gasteiger partial charge in [-0.1, -0.05) is 12.1 Å². The van der Waals surface area contributed by atoms with Crippen molar-refractivity contribution < 1.29 is 18.3 Å². The largest absolute Gasteiger partial charge is 0.361 e. The summed E-state index contributed by atoms with van der Waals surface area (Å²) < 4.78 is 32.1. The van der Waals surface area contributed by atoms with Gasteiger partial charge in [0.15, 0.2) is 11.6 Å². The van der Waals surface area contributed by atoms with E-state index in [1.165, 1.54) is 6.07 Å². The minimum absolute atomic E-state index is 0.0256. The second kappa shape index (κ2) is 5.18. The van der Waals surface area contributed by atoms with Crippen LogP contribution in [0.3, 0.4) is 0 Å². The normalized spacial score (nSPS) is 16.6. The molecule has 5 heteroatoms. The van der Waals surface area contributed by atoms with Crippen LogP contribution in [0.4, 0.5) is 14.5 Å². The van der Waals surface area contributed by atoms with E-state index in [0.717, 1.165) is 23.3 Å². The Morgan fingerprint density at radius 3 is 2.45 bits per heavy atom. The Hall–Kier alpha value is -2.27. The highest BCUT2D eigenvalue weighted by Gasteiger charge is 2.29. The van der Waals surface area contributed by atoms with E-state index in [1.807, 2.05) is 19.9 Å². The summed E-state index contributed by atoms with van der Waals surface area (Å²) in [4.78, 5) is 11.6. The number of halogens is 2. The summed E-state index contributed by atoms with van der Waals surface area (Å²) in [7, 11) is 0. The number of amides is 1. The molecule has 22 heavy (non-hydrogen) atoms. The van der Waals surface area contributed by atoms with Crippen molar-refractivity contribution in [3.63, 3.8) is 0 Å². The van der Waals surface area contributed by atoms with Gasteiger partial charge in [0.1, 0.15) is 6.61 Å². The highest BCUT2D eigenvalue weighted by atomic mass is 19.2. The van der Waals surface area contributed by atoms with Gasteiger partial charge >= 0.3 is 0 Å². The number of carbonyl (C=O) groups excluding carboxylic acids is 1. The predicted molar refractivity (Wildman–Crippen MR) is 79.4 cm³/mol. The zero-order chi connectivity index (χ0) is 15.9. The Kier molecular flexibility index (Phi) is 3.45. The van der Waals surface area contributed by atoms with Crippen LogP contribution in [0.1, 0.15) is 19.4 Å². The lowest BCUT2D eigenvalue weighted by Crippen LogP contribution is -2.22. The second-order valence-electron chi connectivity index (χ2n) is 5.74. The molecule has 1 aliphatic heterocycles. The first kappa shape index (κ1) is 14.7. The van der Waals surface area contributed by atoms with Crippen molar-refractivity contribution in [1.29, 1.82) is 0 Å². The molecule has 3 rings (SSSR count). The van der Waals surface area contributed by atoms with Gasteiger partial charge in [-0.2, -0.15) is 0 Å². The van der Waals surface area contributed by atoms with Gasteiger partial charge in [-0.05, 0) is 49.2 Å². The SMILES string of the molecule is CC1(C)OCC(=O)Nc2ccc(-c3ccc(F)c(F)c3)cc21. The quantitative estimate of drug-likeness (QED) is 0.869. The minimum atomic E-state index is -0.892. The first-order chi connectivity index (χ1) is 10.4. The van der Waals surface area contributed by atoms with Crippen molar-refractivity contribution in [2.75, 3.05) is 11.9 Å². The van der Waals surface area contributed by atoms with Crippen molar-refractivity contribution in [1.82, 2.24) is 0 Å². The van der Waals surface area contributed by atoms with Gasteiger partial charge in [0, 0.05) is 11.3 Å². The molecule has 0 aliphatic carbocycles. The third-order valence-electron chi connectivity index (χ3n) is 3.76. The van der Waals surface area contributed by atoms with Crippen molar-refractivity contribution in [3.8, 4) is 11.1 Å². The maximum absolute atomic E-state index is 13.4. The van der Waals surface area contributed by atoms with Gasteiger partial charge in [-0.15, -0.1) is 0 Å². The molecule has 0 radical (unpaired) electrons. The fraction of sp³-hybridized carbons (Fsp3) is 0.235. The van der Waals surface area contributed by atoms with Gasteiger partial charge in [-0.3, -0.25) is 4.79 Å². The average molecular weight is 303 g/mol. The molecule has 2 aromatic carbocycles. The van der Waals surface area contributed by atoms with Crippen LogP contribution < -0.4 is 5.32 Å². The fourth-order valence-electron chi connectivity index (χ4n) is 2.52. The van der Waals surface area contributed by atoms with E-state index in [4.69, 9.17) is 4.74 Å². The Morgan fingerprint density at radius 1 is 1.05 bits per heavy atom. The molecule has 0 atom stereocenters. The average Bonchev–Trinajstić information content (AvgIpc) is 2.59. The van der Waals surface area contributed by atoms with Crippen molar-refractivity contribution in [2.24, 2.45) is 0 Å². The first-order valence-corrected chi connectivity index (χ1v) is 6.90. The molecule has 0 fully saturated rings. The molecule has 2 aromatic rings. The number of hydrogen-bond donors (Lipinski definition) is 1. The lowest BCUT2D eigenvalue weighted by atomic mass is 9.92. The molecule has 1 amide bonds. The summed E-state index contributed by atoms with van der Waals surface area (Å²) in [5.74, 6) is -1.99.